The smallest absolute Gasteiger partial charge is 0.260 e. The highest BCUT2D eigenvalue weighted by Gasteiger charge is 2.45. The van der Waals surface area contributed by atoms with E-state index in [0.29, 0.717) is 25.6 Å². The Kier molecular flexibility index (Phi) is 4.64. The van der Waals surface area contributed by atoms with Crippen LogP contribution in [-0.4, -0.2) is 36.4 Å². The molecule has 2 aliphatic carbocycles. The number of hydrogen-bond donors (Lipinski definition) is 1. The molecule has 1 aliphatic heterocycles. The summed E-state index contributed by atoms with van der Waals surface area (Å²) < 4.78 is 5.56. The van der Waals surface area contributed by atoms with Crippen molar-refractivity contribution in [2.24, 2.45) is 17.8 Å². The molecule has 2 fully saturated rings. The highest BCUT2D eigenvalue weighted by atomic mass is 16.5. The second-order valence-electron chi connectivity index (χ2n) is 7.55. The lowest BCUT2D eigenvalue weighted by molar-refractivity contribution is -0.137. The maximum Gasteiger partial charge on any atom is 0.260 e. The standard InChI is InChI=1S/C20H26N2O3/c23-19-13-25-18-8-4-2-6-15(18)12-22(19)10-9-21-20(24)17-11-14-5-1-3-7-16(14)17/h2,4,6,8,14,16-17H,1,3,5,7,9-13H2,(H,21,24)/t14-,16-,17+/m0/s1. The molecule has 0 saturated heterocycles. The van der Waals surface area contributed by atoms with Crippen molar-refractivity contribution >= 4 is 11.8 Å². The van der Waals surface area contributed by atoms with Crippen LogP contribution in [0.5, 0.6) is 5.75 Å². The molecule has 134 valence electrons. The van der Waals surface area contributed by atoms with Crippen LogP contribution in [0.1, 0.15) is 37.7 Å². The number of para-hydroxylation sites is 1. The van der Waals surface area contributed by atoms with Gasteiger partial charge in [0.05, 0.1) is 0 Å². The molecule has 0 bridgehead atoms. The van der Waals surface area contributed by atoms with Gasteiger partial charge in [-0.2, -0.15) is 0 Å². The van der Waals surface area contributed by atoms with Gasteiger partial charge in [0.25, 0.3) is 5.91 Å². The van der Waals surface area contributed by atoms with Gasteiger partial charge in [-0.3, -0.25) is 9.59 Å². The number of amides is 2. The lowest BCUT2D eigenvalue weighted by Gasteiger charge is -2.47. The molecule has 0 unspecified atom stereocenters. The maximum absolute atomic E-state index is 12.4. The van der Waals surface area contributed by atoms with Gasteiger partial charge in [-0.1, -0.05) is 37.5 Å². The largest absolute Gasteiger partial charge is 0.483 e. The molecule has 0 aromatic heterocycles. The topological polar surface area (TPSA) is 58.6 Å². The van der Waals surface area contributed by atoms with Crippen LogP contribution in [0.3, 0.4) is 0 Å². The van der Waals surface area contributed by atoms with Crippen LogP contribution >= 0.6 is 0 Å². The second-order valence-corrected chi connectivity index (χ2v) is 7.55. The minimum Gasteiger partial charge on any atom is -0.483 e. The number of carbonyl (C=O) groups is 2. The minimum atomic E-state index is -0.0264. The lowest BCUT2D eigenvalue weighted by atomic mass is 9.58. The number of hydrogen-bond acceptors (Lipinski definition) is 3. The van der Waals surface area contributed by atoms with Gasteiger partial charge in [0, 0.05) is 31.1 Å². The molecule has 25 heavy (non-hydrogen) atoms. The van der Waals surface area contributed by atoms with E-state index in [0.717, 1.165) is 23.7 Å². The number of carbonyl (C=O) groups excluding carboxylic acids is 2. The van der Waals surface area contributed by atoms with Crippen LogP contribution in [0.2, 0.25) is 0 Å². The summed E-state index contributed by atoms with van der Waals surface area (Å²) in [6.07, 6.45) is 6.17. The maximum atomic E-state index is 12.4. The van der Waals surface area contributed by atoms with Crippen LogP contribution < -0.4 is 10.1 Å². The van der Waals surface area contributed by atoms with Gasteiger partial charge in [0.2, 0.25) is 5.91 Å². The Labute approximate surface area is 148 Å². The van der Waals surface area contributed by atoms with Crippen LogP contribution in [0.4, 0.5) is 0 Å². The molecule has 1 N–H and O–H groups in total. The molecule has 0 radical (unpaired) electrons. The monoisotopic (exact) mass is 342 g/mol. The zero-order chi connectivity index (χ0) is 17.2. The van der Waals surface area contributed by atoms with Crippen molar-refractivity contribution in [3.63, 3.8) is 0 Å². The van der Waals surface area contributed by atoms with Crippen molar-refractivity contribution in [3.8, 4) is 5.75 Å². The van der Waals surface area contributed by atoms with E-state index in [-0.39, 0.29) is 24.3 Å². The molecule has 3 atom stereocenters. The Bertz CT molecular complexity index is 660. The Morgan fingerprint density at radius 1 is 1.24 bits per heavy atom. The van der Waals surface area contributed by atoms with E-state index >= 15 is 0 Å². The highest BCUT2D eigenvalue weighted by Crippen LogP contribution is 2.49. The summed E-state index contributed by atoms with van der Waals surface area (Å²) in [5.74, 6) is 2.53. The van der Waals surface area contributed by atoms with E-state index in [2.05, 4.69) is 5.32 Å². The number of nitrogens with one attached hydrogen (secondary N) is 1. The van der Waals surface area contributed by atoms with E-state index < -0.39 is 0 Å². The quantitative estimate of drug-likeness (QED) is 0.914. The molecular weight excluding hydrogens is 316 g/mol. The third kappa shape index (κ3) is 3.37. The average molecular weight is 342 g/mol. The van der Waals surface area contributed by atoms with E-state index in [1.54, 1.807) is 4.90 Å². The number of rotatable bonds is 4. The van der Waals surface area contributed by atoms with Crippen molar-refractivity contribution in [3.05, 3.63) is 29.8 Å². The summed E-state index contributed by atoms with van der Waals surface area (Å²) in [6, 6.07) is 7.74. The van der Waals surface area contributed by atoms with E-state index in [9.17, 15) is 9.59 Å². The fourth-order valence-corrected chi connectivity index (χ4v) is 4.61. The van der Waals surface area contributed by atoms with Crippen molar-refractivity contribution in [2.45, 2.75) is 38.6 Å². The lowest BCUT2D eigenvalue weighted by Crippen LogP contribution is -2.49. The summed E-state index contributed by atoms with van der Waals surface area (Å²) >= 11 is 0. The molecule has 4 rings (SSSR count). The van der Waals surface area contributed by atoms with Crippen LogP contribution in [0.25, 0.3) is 0 Å². The number of fused-ring (bicyclic) bond motifs is 2. The van der Waals surface area contributed by atoms with Gasteiger partial charge in [0.1, 0.15) is 5.75 Å². The van der Waals surface area contributed by atoms with Crippen LogP contribution in [0, 0.1) is 17.8 Å². The third-order valence-corrected chi connectivity index (χ3v) is 6.10. The van der Waals surface area contributed by atoms with Crippen LogP contribution in [-0.2, 0) is 16.1 Å². The third-order valence-electron chi connectivity index (χ3n) is 6.10. The molecule has 5 nitrogen and oxygen atoms in total. The molecule has 3 aliphatic rings. The first kappa shape index (κ1) is 16.4. The summed E-state index contributed by atoms with van der Waals surface area (Å²) in [5.41, 5.74) is 1.02. The number of ether oxygens (including phenoxy) is 1. The summed E-state index contributed by atoms with van der Waals surface area (Å²) in [4.78, 5) is 26.4. The zero-order valence-corrected chi connectivity index (χ0v) is 14.6. The van der Waals surface area contributed by atoms with Crippen molar-refractivity contribution in [1.82, 2.24) is 10.2 Å². The first-order chi connectivity index (χ1) is 12.2. The van der Waals surface area contributed by atoms with Gasteiger partial charge in [0.15, 0.2) is 6.61 Å². The predicted molar refractivity (Wildman–Crippen MR) is 93.9 cm³/mol. The Balaban J connectivity index is 1.28. The van der Waals surface area contributed by atoms with E-state index in [1.165, 1.54) is 25.7 Å². The first-order valence-corrected chi connectivity index (χ1v) is 9.48. The molecule has 1 aromatic carbocycles. The van der Waals surface area contributed by atoms with E-state index in [4.69, 9.17) is 4.74 Å². The Morgan fingerprint density at radius 3 is 2.96 bits per heavy atom. The van der Waals surface area contributed by atoms with Crippen molar-refractivity contribution < 1.29 is 14.3 Å². The van der Waals surface area contributed by atoms with Gasteiger partial charge in [-0.05, 0) is 30.7 Å². The van der Waals surface area contributed by atoms with Gasteiger partial charge >= 0.3 is 0 Å². The Hall–Kier alpha value is -2.04. The number of benzene rings is 1. The Morgan fingerprint density at radius 2 is 2.08 bits per heavy atom. The fraction of sp³-hybridized carbons (Fsp3) is 0.600. The molecular formula is C20H26N2O3. The number of nitrogens with zero attached hydrogens (tertiary/aromatic N) is 1. The molecule has 0 spiro atoms. The summed E-state index contributed by atoms with van der Waals surface area (Å²) in [7, 11) is 0. The highest BCUT2D eigenvalue weighted by molar-refractivity contribution is 5.80. The molecule has 1 aromatic rings. The van der Waals surface area contributed by atoms with E-state index in [1.807, 2.05) is 24.3 Å². The molecule has 1 heterocycles. The SMILES string of the molecule is O=C(NCCN1Cc2ccccc2OCC1=O)[C@@H]1C[C@@H]2CCCC[C@@H]21. The first-order valence-electron chi connectivity index (χ1n) is 9.48. The summed E-state index contributed by atoms with van der Waals surface area (Å²) in [6.45, 7) is 1.65. The molecule has 5 heteroatoms. The normalized spacial score (nSPS) is 28.1. The average Bonchev–Trinajstić information content (AvgIpc) is 2.76. The van der Waals surface area contributed by atoms with Gasteiger partial charge < -0.3 is 15.0 Å². The van der Waals surface area contributed by atoms with Gasteiger partial charge in [-0.25, -0.2) is 0 Å². The molecule has 2 saturated carbocycles. The second kappa shape index (κ2) is 7.06. The fourth-order valence-electron chi connectivity index (χ4n) is 4.61. The summed E-state index contributed by atoms with van der Waals surface area (Å²) in [5, 5.41) is 3.06. The minimum absolute atomic E-state index is 0.0264. The van der Waals surface area contributed by atoms with Crippen molar-refractivity contribution in [1.29, 1.82) is 0 Å². The van der Waals surface area contributed by atoms with Gasteiger partial charge in [-0.15, -0.1) is 0 Å². The molecule has 2 amide bonds. The van der Waals surface area contributed by atoms with Crippen molar-refractivity contribution in [2.75, 3.05) is 19.7 Å². The predicted octanol–water partition coefficient (Wildman–Crippen LogP) is 2.35. The van der Waals surface area contributed by atoms with Crippen LogP contribution in [0.15, 0.2) is 24.3 Å². The zero-order valence-electron chi connectivity index (χ0n) is 14.6.